The Kier molecular flexibility index (Phi) is 6.72. The first-order chi connectivity index (χ1) is 17.8. The van der Waals surface area contributed by atoms with E-state index in [1.807, 2.05) is 12.1 Å². The minimum absolute atomic E-state index is 0.208. The Morgan fingerprint density at radius 2 is 1.89 bits per heavy atom. The molecule has 1 aromatic carbocycles. The summed E-state index contributed by atoms with van der Waals surface area (Å²) >= 11 is 6.14. The highest BCUT2D eigenvalue weighted by Gasteiger charge is 2.34. The molecule has 8 nitrogen and oxygen atoms in total. The Bertz CT molecular complexity index is 1420. The molecular formula is C25H23ClF3N7O. The SMILES string of the molecule is COc1ncnc(C2CC2)c1-c1ncc(CCl)c(NCc2ccc(-n3nc(C(F)(F)F)cc3C)cc2)n1. The van der Waals surface area contributed by atoms with E-state index in [9.17, 15) is 13.2 Å². The van der Waals surface area contributed by atoms with Gasteiger partial charge in [-0.05, 0) is 43.5 Å². The summed E-state index contributed by atoms with van der Waals surface area (Å²) in [4.78, 5) is 17.9. The van der Waals surface area contributed by atoms with Crippen LogP contribution in [0, 0.1) is 6.92 Å². The van der Waals surface area contributed by atoms with Crippen LogP contribution in [0.5, 0.6) is 5.88 Å². The Labute approximate surface area is 215 Å². The Balaban J connectivity index is 1.38. The maximum Gasteiger partial charge on any atom is 0.435 e. The second-order valence-corrected chi connectivity index (χ2v) is 8.99. The van der Waals surface area contributed by atoms with Crippen LogP contribution in [0.15, 0.2) is 42.9 Å². The van der Waals surface area contributed by atoms with Gasteiger partial charge in [0.25, 0.3) is 0 Å². The number of methoxy groups -OCH3 is 1. The van der Waals surface area contributed by atoms with Crippen molar-refractivity contribution in [2.45, 2.75) is 44.3 Å². The molecule has 0 bridgehead atoms. The number of nitrogens with zero attached hydrogens (tertiary/aromatic N) is 6. The van der Waals surface area contributed by atoms with Crippen LogP contribution in [0.25, 0.3) is 17.1 Å². The summed E-state index contributed by atoms with van der Waals surface area (Å²) < 4.78 is 45.8. The number of aryl methyl sites for hydroxylation is 1. The van der Waals surface area contributed by atoms with Gasteiger partial charge in [-0.3, -0.25) is 0 Å². The summed E-state index contributed by atoms with van der Waals surface area (Å²) in [5.41, 5.74) is 3.16. The summed E-state index contributed by atoms with van der Waals surface area (Å²) in [7, 11) is 1.55. The summed E-state index contributed by atoms with van der Waals surface area (Å²) in [5, 5.41) is 7.00. The van der Waals surface area contributed by atoms with Crippen molar-refractivity contribution < 1.29 is 17.9 Å². The van der Waals surface area contributed by atoms with E-state index in [0.29, 0.717) is 46.9 Å². The maximum atomic E-state index is 13.0. The predicted octanol–water partition coefficient (Wildman–Crippen LogP) is 5.68. The fourth-order valence-electron chi connectivity index (χ4n) is 4.01. The van der Waals surface area contributed by atoms with Gasteiger partial charge in [0.2, 0.25) is 5.88 Å². The van der Waals surface area contributed by atoms with Gasteiger partial charge < -0.3 is 10.1 Å². The predicted molar refractivity (Wildman–Crippen MR) is 132 cm³/mol. The lowest BCUT2D eigenvalue weighted by atomic mass is 10.1. The number of nitrogens with one attached hydrogen (secondary N) is 1. The van der Waals surface area contributed by atoms with Crippen molar-refractivity contribution in [3.8, 4) is 23.0 Å². The topological polar surface area (TPSA) is 90.6 Å². The van der Waals surface area contributed by atoms with Gasteiger partial charge >= 0.3 is 6.18 Å². The average Bonchev–Trinajstić information content (AvgIpc) is 3.67. The number of ether oxygens (including phenoxy) is 1. The number of anilines is 1. The number of hydrogen-bond acceptors (Lipinski definition) is 7. The molecule has 1 aliphatic rings. The molecule has 5 rings (SSSR count). The molecule has 0 saturated heterocycles. The van der Waals surface area contributed by atoms with Gasteiger partial charge in [-0.25, -0.2) is 24.6 Å². The van der Waals surface area contributed by atoms with Crippen molar-refractivity contribution >= 4 is 17.4 Å². The molecule has 1 saturated carbocycles. The molecule has 0 aliphatic heterocycles. The van der Waals surface area contributed by atoms with Crippen molar-refractivity contribution in [1.82, 2.24) is 29.7 Å². The fourth-order valence-corrected chi connectivity index (χ4v) is 4.20. The number of halogens is 4. The zero-order chi connectivity index (χ0) is 26.2. The van der Waals surface area contributed by atoms with Crippen molar-refractivity contribution in [2.24, 2.45) is 0 Å². The average molecular weight is 530 g/mol. The van der Waals surface area contributed by atoms with Gasteiger partial charge in [0.05, 0.1) is 24.4 Å². The van der Waals surface area contributed by atoms with Gasteiger partial charge in [0.15, 0.2) is 11.5 Å². The molecule has 3 heterocycles. The molecule has 0 unspecified atom stereocenters. The summed E-state index contributed by atoms with van der Waals surface area (Å²) in [5.74, 6) is 1.97. The van der Waals surface area contributed by atoms with Gasteiger partial charge in [0.1, 0.15) is 17.7 Å². The molecule has 0 spiro atoms. The van der Waals surface area contributed by atoms with E-state index in [2.05, 4.69) is 25.4 Å². The van der Waals surface area contributed by atoms with Crippen LogP contribution in [-0.2, 0) is 18.6 Å². The Morgan fingerprint density at radius 3 is 2.51 bits per heavy atom. The van der Waals surface area contributed by atoms with Crippen LogP contribution in [0.1, 0.15) is 47.0 Å². The first-order valence-corrected chi connectivity index (χ1v) is 12.1. The van der Waals surface area contributed by atoms with Crippen molar-refractivity contribution in [1.29, 1.82) is 0 Å². The largest absolute Gasteiger partial charge is 0.480 e. The van der Waals surface area contributed by atoms with E-state index in [1.54, 1.807) is 32.4 Å². The van der Waals surface area contributed by atoms with E-state index < -0.39 is 11.9 Å². The highest BCUT2D eigenvalue weighted by molar-refractivity contribution is 6.17. The maximum absolute atomic E-state index is 13.0. The zero-order valence-corrected chi connectivity index (χ0v) is 20.8. The van der Waals surface area contributed by atoms with Crippen molar-refractivity contribution in [3.63, 3.8) is 0 Å². The molecule has 12 heteroatoms. The lowest BCUT2D eigenvalue weighted by Gasteiger charge is -2.14. The molecule has 3 aromatic heterocycles. The molecular weight excluding hydrogens is 507 g/mol. The van der Waals surface area contributed by atoms with E-state index in [4.69, 9.17) is 21.3 Å². The third kappa shape index (κ3) is 5.22. The second-order valence-electron chi connectivity index (χ2n) is 8.72. The summed E-state index contributed by atoms with van der Waals surface area (Å²) in [6.07, 6.45) is 0.752. The molecule has 37 heavy (non-hydrogen) atoms. The third-order valence-corrected chi connectivity index (χ3v) is 6.34. The minimum atomic E-state index is -4.49. The van der Waals surface area contributed by atoms with Crippen LogP contribution in [0.3, 0.4) is 0 Å². The first kappa shape index (κ1) is 24.9. The first-order valence-electron chi connectivity index (χ1n) is 11.6. The normalized spacial score (nSPS) is 13.6. The number of benzene rings is 1. The summed E-state index contributed by atoms with van der Waals surface area (Å²) in [6, 6.07) is 8.10. The summed E-state index contributed by atoms with van der Waals surface area (Å²) in [6.45, 7) is 1.99. The second kappa shape index (κ2) is 9.97. The zero-order valence-electron chi connectivity index (χ0n) is 20.1. The van der Waals surface area contributed by atoms with E-state index in [-0.39, 0.29) is 5.88 Å². The van der Waals surface area contributed by atoms with Crippen LogP contribution >= 0.6 is 11.6 Å². The van der Waals surface area contributed by atoms with Crippen LogP contribution in [0.4, 0.5) is 19.0 Å². The van der Waals surface area contributed by atoms with Gasteiger partial charge in [-0.2, -0.15) is 18.3 Å². The van der Waals surface area contributed by atoms with Gasteiger partial charge in [0, 0.05) is 29.9 Å². The smallest absolute Gasteiger partial charge is 0.435 e. The van der Waals surface area contributed by atoms with E-state index in [1.165, 1.54) is 11.0 Å². The lowest BCUT2D eigenvalue weighted by Crippen LogP contribution is -2.08. The molecule has 0 radical (unpaired) electrons. The Hall–Kier alpha value is -3.73. The molecule has 1 aliphatic carbocycles. The number of hydrogen-bond donors (Lipinski definition) is 1. The van der Waals surface area contributed by atoms with E-state index >= 15 is 0 Å². The molecule has 192 valence electrons. The fraction of sp³-hybridized carbons (Fsp3) is 0.320. The standard InChI is InChI=1S/C25H23ClF3N7O/c1-14-9-19(25(27,28)29)35-36(14)18-7-3-15(4-8-18)11-30-22-17(10-26)12-31-23(34-22)20-21(16-5-6-16)32-13-33-24(20)37-2/h3-4,7-9,12-13,16H,5-6,10-11H2,1-2H3,(H,30,31,34). The number of rotatable bonds is 8. The Morgan fingerprint density at radius 1 is 1.14 bits per heavy atom. The van der Waals surface area contributed by atoms with Crippen LogP contribution in [-0.4, -0.2) is 36.8 Å². The van der Waals surface area contributed by atoms with Crippen LogP contribution < -0.4 is 10.1 Å². The number of aromatic nitrogens is 6. The third-order valence-electron chi connectivity index (χ3n) is 6.05. The molecule has 4 aromatic rings. The quantitative estimate of drug-likeness (QED) is 0.293. The molecule has 0 atom stereocenters. The minimum Gasteiger partial charge on any atom is -0.480 e. The number of alkyl halides is 4. The molecule has 1 N–H and O–H groups in total. The van der Waals surface area contributed by atoms with Gasteiger partial charge in [-0.15, -0.1) is 11.6 Å². The van der Waals surface area contributed by atoms with Crippen LogP contribution in [0.2, 0.25) is 0 Å². The molecule has 0 amide bonds. The van der Waals surface area contributed by atoms with E-state index in [0.717, 1.165) is 35.7 Å². The van der Waals surface area contributed by atoms with Gasteiger partial charge in [-0.1, -0.05) is 12.1 Å². The highest BCUT2D eigenvalue weighted by atomic mass is 35.5. The molecule has 1 fully saturated rings. The van der Waals surface area contributed by atoms with Crippen molar-refractivity contribution in [2.75, 3.05) is 12.4 Å². The monoisotopic (exact) mass is 529 g/mol. The lowest BCUT2D eigenvalue weighted by molar-refractivity contribution is -0.141. The highest BCUT2D eigenvalue weighted by Crippen LogP contribution is 2.45. The van der Waals surface area contributed by atoms with Crippen molar-refractivity contribution in [3.05, 3.63) is 71.1 Å².